The van der Waals surface area contributed by atoms with Crippen LogP contribution in [0.3, 0.4) is 0 Å². The molecule has 2 aromatic rings. The Kier molecular flexibility index (Phi) is 7.94. The maximum atomic E-state index is 13.8. The summed E-state index contributed by atoms with van der Waals surface area (Å²) in [5.41, 5.74) is 6.10. The summed E-state index contributed by atoms with van der Waals surface area (Å²) >= 11 is 0. The molecule has 38 heavy (non-hydrogen) atoms. The molecule has 3 N–H and O–H groups in total. The molecule has 2 atom stereocenters. The van der Waals surface area contributed by atoms with Gasteiger partial charge in [-0.3, -0.25) is 14.4 Å². The molecule has 2 heterocycles. The van der Waals surface area contributed by atoms with Crippen molar-refractivity contribution in [2.24, 2.45) is 16.3 Å². The van der Waals surface area contributed by atoms with E-state index in [0.717, 1.165) is 11.1 Å². The van der Waals surface area contributed by atoms with Crippen LogP contribution < -0.4 is 11.1 Å². The number of hydrogen-bond acceptors (Lipinski definition) is 6. The number of nitrogens with one attached hydrogen (secondary N) is 1. The number of carbonyl (C=O) groups excluding carboxylic acids is 3. The topological polar surface area (TPSA) is 117 Å². The van der Waals surface area contributed by atoms with Crippen LogP contribution >= 0.6 is 0 Å². The lowest BCUT2D eigenvalue weighted by molar-refractivity contribution is -0.143. The van der Waals surface area contributed by atoms with Crippen LogP contribution in [0.5, 0.6) is 0 Å². The van der Waals surface area contributed by atoms with Crippen molar-refractivity contribution < 1.29 is 23.5 Å². The summed E-state index contributed by atoms with van der Waals surface area (Å²) in [6, 6.07) is 14.5. The molecule has 0 bridgehead atoms. The maximum absolute atomic E-state index is 13.8. The lowest BCUT2D eigenvalue weighted by Gasteiger charge is -2.40. The third-order valence-electron chi connectivity index (χ3n) is 6.92. The monoisotopic (exact) mass is 523 g/mol. The van der Waals surface area contributed by atoms with Crippen molar-refractivity contribution in [1.29, 1.82) is 0 Å². The quantitative estimate of drug-likeness (QED) is 0.520. The highest BCUT2D eigenvalue weighted by atomic mass is 19.1. The number of hydrazone groups is 1. The van der Waals surface area contributed by atoms with E-state index in [0.29, 0.717) is 18.7 Å². The average Bonchev–Trinajstić information content (AvgIpc) is 3.13. The number of ether oxygens (including phenoxy) is 1. The first kappa shape index (κ1) is 27.4. The largest absolute Gasteiger partial charge is 0.374 e. The van der Waals surface area contributed by atoms with Crippen LogP contribution in [-0.4, -0.2) is 71.7 Å². The fraction of sp³-hybridized carbons (Fsp3) is 0.429. The predicted octanol–water partition coefficient (Wildman–Crippen LogP) is 1.85. The van der Waals surface area contributed by atoms with Gasteiger partial charge in [0.05, 0.1) is 24.5 Å². The Bertz CT molecular complexity index is 1210. The number of likely N-dealkylation sites (tertiary alicyclic amines) is 1. The van der Waals surface area contributed by atoms with Gasteiger partial charge in [-0.05, 0) is 43.5 Å². The number of fused-ring (bicyclic) bond motifs is 1. The SMILES string of the molecule is CN1N=C2CCN(C(=O)[C@@H](COCc3ccccc3)NC(=O)C(C)(C)N)C[C@]2(Cc2ccc(F)cc2)C1=O. The van der Waals surface area contributed by atoms with Crippen LogP contribution in [0.4, 0.5) is 4.39 Å². The van der Waals surface area contributed by atoms with E-state index in [1.165, 1.54) is 17.1 Å². The highest BCUT2D eigenvalue weighted by Crippen LogP contribution is 2.38. The van der Waals surface area contributed by atoms with Crippen LogP contribution in [0.25, 0.3) is 0 Å². The van der Waals surface area contributed by atoms with Gasteiger partial charge in [-0.15, -0.1) is 0 Å². The molecule has 2 aliphatic heterocycles. The fourth-order valence-corrected chi connectivity index (χ4v) is 4.83. The molecule has 0 radical (unpaired) electrons. The van der Waals surface area contributed by atoms with Crippen molar-refractivity contribution in [2.75, 3.05) is 26.7 Å². The summed E-state index contributed by atoms with van der Waals surface area (Å²) in [5, 5.41) is 8.51. The molecule has 1 saturated heterocycles. The molecular formula is C28H34FN5O4. The van der Waals surface area contributed by atoms with E-state index in [1.54, 1.807) is 37.9 Å². The summed E-state index contributed by atoms with van der Waals surface area (Å²) in [4.78, 5) is 41.5. The van der Waals surface area contributed by atoms with E-state index in [-0.39, 0.29) is 43.8 Å². The second-order valence-electron chi connectivity index (χ2n) is 10.5. The Morgan fingerprint density at radius 3 is 2.50 bits per heavy atom. The molecule has 0 spiro atoms. The Labute approximate surface area is 221 Å². The molecule has 0 unspecified atom stereocenters. The Morgan fingerprint density at radius 1 is 1.16 bits per heavy atom. The van der Waals surface area contributed by atoms with E-state index in [4.69, 9.17) is 10.5 Å². The van der Waals surface area contributed by atoms with Gasteiger partial charge in [0, 0.05) is 26.6 Å². The van der Waals surface area contributed by atoms with Gasteiger partial charge >= 0.3 is 0 Å². The van der Waals surface area contributed by atoms with Crippen molar-refractivity contribution in [2.45, 2.75) is 44.9 Å². The molecular weight excluding hydrogens is 489 g/mol. The van der Waals surface area contributed by atoms with Crippen molar-refractivity contribution >= 4 is 23.4 Å². The normalized spacial score (nSPS) is 20.1. The summed E-state index contributed by atoms with van der Waals surface area (Å²) in [5.74, 6) is -1.45. The number of hydrogen-bond donors (Lipinski definition) is 2. The summed E-state index contributed by atoms with van der Waals surface area (Å²) in [6.07, 6.45) is 0.674. The van der Waals surface area contributed by atoms with E-state index in [1.807, 2.05) is 30.3 Å². The Balaban J connectivity index is 1.55. The van der Waals surface area contributed by atoms with Crippen LogP contribution in [0, 0.1) is 11.2 Å². The zero-order chi connectivity index (χ0) is 27.5. The van der Waals surface area contributed by atoms with Gasteiger partial charge in [0.25, 0.3) is 5.91 Å². The van der Waals surface area contributed by atoms with E-state index in [9.17, 15) is 18.8 Å². The van der Waals surface area contributed by atoms with Crippen LogP contribution in [0.15, 0.2) is 59.7 Å². The molecule has 2 aliphatic rings. The predicted molar refractivity (Wildman–Crippen MR) is 140 cm³/mol. The number of nitrogens with zero attached hydrogens (tertiary/aromatic N) is 3. The number of benzene rings is 2. The third kappa shape index (κ3) is 5.92. The van der Waals surface area contributed by atoms with Gasteiger partial charge in [-0.1, -0.05) is 42.5 Å². The number of piperidine rings is 1. The molecule has 0 saturated carbocycles. The third-order valence-corrected chi connectivity index (χ3v) is 6.92. The minimum atomic E-state index is -1.20. The highest BCUT2D eigenvalue weighted by Gasteiger charge is 2.54. The lowest BCUT2D eigenvalue weighted by Crippen LogP contribution is -2.61. The van der Waals surface area contributed by atoms with Crippen LogP contribution in [0.1, 0.15) is 31.4 Å². The molecule has 1 fully saturated rings. The molecule has 9 nitrogen and oxygen atoms in total. The van der Waals surface area contributed by atoms with Crippen LogP contribution in [-0.2, 0) is 32.1 Å². The van der Waals surface area contributed by atoms with Gasteiger partial charge in [-0.25, -0.2) is 9.40 Å². The number of carbonyl (C=O) groups is 3. The number of amides is 3. The van der Waals surface area contributed by atoms with E-state index in [2.05, 4.69) is 10.4 Å². The van der Waals surface area contributed by atoms with Gasteiger partial charge in [0.1, 0.15) is 17.3 Å². The lowest BCUT2D eigenvalue weighted by atomic mass is 9.73. The number of halogens is 1. The molecule has 0 aliphatic carbocycles. The second kappa shape index (κ2) is 11.0. The minimum Gasteiger partial charge on any atom is -0.374 e. The highest BCUT2D eigenvalue weighted by molar-refractivity contribution is 6.13. The van der Waals surface area contributed by atoms with E-state index < -0.39 is 22.9 Å². The fourth-order valence-electron chi connectivity index (χ4n) is 4.83. The van der Waals surface area contributed by atoms with Crippen molar-refractivity contribution in [3.8, 4) is 0 Å². The Morgan fingerprint density at radius 2 is 1.84 bits per heavy atom. The standard InChI is InChI=1S/C28H34FN5O4/c1-27(2,30)25(36)31-22(17-38-16-20-7-5-4-6-8-20)24(35)34-14-13-23-28(18-34,26(37)33(3)32-23)15-19-9-11-21(29)12-10-19/h4-12,22H,13-18,30H2,1-3H3,(H,31,36)/t22-,28+/m1/s1. The molecule has 0 aromatic heterocycles. The first-order valence-electron chi connectivity index (χ1n) is 12.6. The zero-order valence-corrected chi connectivity index (χ0v) is 21.9. The van der Waals surface area contributed by atoms with Crippen LogP contribution in [0.2, 0.25) is 0 Å². The molecule has 10 heteroatoms. The first-order chi connectivity index (χ1) is 18.0. The average molecular weight is 524 g/mol. The van der Waals surface area contributed by atoms with Gasteiger partial charge in [0.2, 0.25) is 11.8 Å². The van der Waals surface area contributed by atoms with E-state index >= 15 is 0 Å². The molecule has 4 rings (SSSR count). The number of nitrogens with two attached hydrogens (primary N) is 1. The maximum Gasteiger partial charge on any atom is 0.256 e. The first-order valence-corrected chi connectivity index (χ1v) is 12.6. The van der Waals surface area contributed by atoms with Gasteiger partial charge < -0.3 is 20.7 Å². The van der Waals surface area contributed by atoms with Gasteiger partial charge in [0.15, 0.2) is 0 Å². The van der Waals surface area contributed by atoms with Crippen molar-refractivity contribution in [3.05, 3.63) is 71.5 Å². The van der Waals surface area contributed by atoms with Gasteiger partial charge in [-0.2, -0.15) is 5.10 Å². The van der Waals surface area contributed by atoms with Crippen molar-refractivity contribution in [3.63, 3.8) is 0 Å². The smallest absolute Gasteiger partial charge is 0.256 e. The molecule has 3 amide bonds. The summed E-state index contributed by atoms with van der Waals surface area (Å²) in [7, 11) is 1.59. The summed E-state index contributed by atoms with van der Waals surface area (Å²) < 4.78 is 19.3. The Hall–Kier alpha value is -3.63. The van der Waals surface area contributed by atoms with Crippen molar-refractivity contribution in [1.82, 2.24) is 15.2 Å². The molecule has 2 aromatic carbocycles. The minimum absolute atomic E-state index is 0.0637. The second-order valence-corrected chi connectivity index (χ2v) is 10.5. The number of rotatable bonds is 9. The summed E-state index contributed by atoms with van der Waals surface area (Å²) in [6.45, 7) is 3.74. The molecule has 202 valence electrons. The zero-order valence-electron chi connectivity index (χ0n) is 21.9.